The van der Waals surface area contributed by atoms with Gasteiger partial charge in [-0.3, -0.25) is 9.59 Å². The maximum absolute atomic E-state index is 12.6. The number of hydrogen-bond donors (Lipinski definition) is 0. The Balaban J connectivity index is 1.66. The molecule has 0 radical (unpaired) electrons. The van der Waals surface area contributed by atoms with E-state index >= 15 is 0 Å². The molecule has 1 saturated heterocycles. The zero-order valence-electron chi connectivity index (χ0n) is 15.3. The van der Waals surface area contributed by atoms with E-state index < -0.39 is 0 Å². The number of carbonyl (C=O) groups excluding carboxylic acids is 2. The molecule has 0 bridgehead atoms. The SMILES string of the molecule is COc1ccc(-c2nc(C)c(CC(=O)N3CCN(C(C)=O)CC3)s2)cc1. The molecule has 1 aromatic carbocycles. The van der Waals surface area contributed by atoms with Gasteiger partial charge in [-0.25, -0.2) is 4.98 Å². The molecule has 1 aromatic heterocycles. The highest BCUT2D eigenvalue weighted by molar-refractivity contribution is 7.15. The number of ether oxygens (including phenoxy) is 1. The van der Waals surface area contributed by atoms with Crippen LogP contribution in [0.4, 0.5) is 0 Å². The summed E-state index contributed by atoms with van der Waals surface area (Å²) in [5.41, 5.74) is 1.92. The Kier molecular flexibility index (Phi) is 5.56. The summed E-state index contributed by atoms with van der Waals surface area (Å²) in [6.07, 6.45) is 0.361. The van der Waals surface area contributed by atoms with E-state index in [0.717, 1.165) is 26.9 Å². The number of aryl methyl sites for hydroxylation is 1. The van der Waals surface area contributed by atoms with Gasteiger partial charge in [0.1, 0.15) is 10.8 Å². The van der Waals surface area contributed by atoms with Gasteiger partial charge in [0.15, 0.2) is 0 Å². The molecule has 1 aliphatic heterocycles. The van der Waals surface area contributed by atoms with Crippen molar-refractivity contribution >= 4 is 23.2 Å². The first-order valence-corrected chi connectivity index (χ1v) is 9.43. The van der Waals surface area contributed by atoms with Crippen molar-refractivity contribution in [1.29, 1.82) is 0 Å². The first kappa shape index (κ1) is 18.4. The van der Waals surface area contributed by atoms with E-state index in [9.17, 15) is 9.59 Å². The molecule has 0 unspecified atom stereocenters. The van der Waals surface area contributed by atoms with Crippen LogP contribution in [0.25, 0.3) is 10.6 Å². The lowest BCUT2D eigenvalue weighted by molar-refractivity contribution is -0.137. The van der Waals surface area contributed by atoms with Crippen molar-refractivity contribution in [2.75, 3.05) is 33.3 Å². The normalized spacial score (nSPS) is 14.4. The molecule has 138 valence electrons. The molecule has 26 heavy (non-hydrogen) atoms. The standard InChI is InChI=1S/C19H23N3O3S/c1-13-17(12-18(24)22-10-8-21(9-11-22)14(2)23)26-19(20-13)15-4-6-16(25-3)7-5-15/h4-7H,8-12H2,1-3H3. The third kappa shape index (κ3) is 4.04. The minimum absolute atomic E-state index is 0.0690. The van der Waals surface area contributed by atoms with Gasteiger partial charge in [0.25, 0.3) is 0 Å². The van der Waals surface area contributed by atoms with Gasteiger partial charge in [-0.05, 0) is 31.2 Å². The van der Waals surface area contributed by atoms with Crippen molar-refractivity contribution in [3.8, 4) is 16.3 Å². The Morgan fingerprint density at radius 2 is 1.73 bits per heavy atom. The van der Waals surface area contributed by atoms with Gasteiger partial charge >= 0.3 is 0 Å². The summed E-state index contributed by atoms with van der Waals surface area (Å²) in [6.45, 7) is 5.93. The highest BCUT2D eigenvalue weighted by atomic mass is 32.1. The van der Waals surface area contributed by atoms with Gasteiger partial charge in [0, 0.05) is 43.5 Å². The number of aromatic nitrogens is 1. The molecule has 1 fully saturated rings. The number of methoxy groups -OCH3 is 1. The van der Waals surface area contributed by atoms with E-state index in [4.69, 9.17) is 4.74 Å². The number of nitrogens with zero attached hydrogens (tertiary/aromatic N) is 3. The quantitative estimate of drug-likeness (QED) is 0.825. The lowest BCUT2D eigenvalue weighted by Gasteiger charge is -2.34. The first-order valence-electron chi connectivity index (χ1n) is 8.62. The summed E-state index contributed by atoms with van der Waals surface area (Å²) in [7, 11) is 1.64. The molecule has 6 nitrogen and oxygen atoms in total. The summed E-state index contributed by atoms with van der Waals surface area (Å²) in [5.74, 6) is 0.975. The Morgan fingerprint density at radius 3 is 2.31 bits per heavy atom. The third-order valence-corrected chi connectivity index (χ3v) is 5.83. The maximum atomic E-state index is 12.6. The minimum atomic E-state index is 0.0690. The molecule has 2 heterocycles. The predicted octanol–water partition coefficient (Wildman–Crippen LogP) is 2.36. The van der Waals surface area contributed by atoms with Crippen molar-refractivity contribution in [1.82, 2.24) is 14.8 Å². The van der Waals surface area contributed by atoms with Gasteiger partial charge in [-0.1, -0.05) is 0 Å². The highest BCUT2D eigenvalue weighted by Gasteiger charge is 2.23. The summed E-state index contributed by atoms with van der Waals surface area (Å²) >= 11 is 1.56. The molecule has 2 amide bonds. The van der Waals surface area contributed by atoms with Crippen molar-refractivity contribution in [2.24, 2.45) is 0 Å². The number of hydrogen-bond acceptors (Lipinski definition) is 5. The Labute approximate surface area is 157 Å². The molecule has 0 aliphatic carbocycles. The lowest BCUT2D eigenvalue weighted by Crippen LogP contribution is -2.50. The number of carbonyl (C=O) groups is 2. The topological polar surface area (TPSA) is 62.7 Å². The van der Waals surface area contributed by atoms with Crippen molar-refractivity contribution in [3.63, 3.8) is 0 Å². The molecular weight excluding hydrogens is 350 g/mol. The van der Waals surface area contributed by atoms with E-state index in [2.05, 4.69) is 4.98 Å². The van der Waals surface area contributed by atoms with E-state index in [-0.39, 0.29) is 11.8 Å². The third-order valence-electron chi connectivity index (χ3n) is 4.62. The fourth-order valence-corrected chi connectivity index (χ4v) is 4.03. The van der Waals surface area contributed by atoms with Gasteiger partial charge in [0.2, 0.25) is 11.8 Å². The number of thiazole rings is 1. The van der Waals surface area contributed by atoms with Crippen LogP contribution in [0.3, 0.4) is 0 Å². The fourth-order valence-electron chi connectivity index (χ4n) is 2.97. The Morgan fingerprint density at radius 1 is 1.12 bits per heavy atom. The van der Waals surface area contributed by atoms with Gasteiger partial charge in [-0.2, -0.15) is 0 Å². The summed E-state index contributed by atoms with van der Waals surface area (Å²) < 4.78 is 5.18. The smallest absolute Gasteiger partial charge is 0.228 e. The molecule has 0 saturated carbocycles. The first-order chi connectivity index (χ1) is 12.5. The fraction of sp³-hybridized carbons (Fsp3) is 0.421. The second kappa shape index (κ2) is 7.86. The zero-order valence-corrected chi connectivity index (χ0v) is 16.1. The second-order valence-electron chi connectivity index (χ2n) is 6.32. The number of amides is 2. The molecule has 0 spiro atoms. The van der Waals surface area contributed by atoms with Gasteiger partial charge < -0.3 is 14.5 Å². The average Bonchev–Trinajstić information content (AvgIpc) is 3.02. The second-order valence-corrected chi connectivity index (χ2v) is 7.40. The van der Waals surface area contributed by atoms with Gasteiger partial charge in [0.05, 0.1) is 19.2 Å². The van der Waals surface area contributed by atoms with Crippen LogP contribution in [-0.4, -0.2) is 59.9 Å². The molecule has 1 aliphatic rings. The van der Waals surface area contributed by atoms with Crippen LogP contribution in [0.15, 0.2) is 24.3 Å². The van der Waals surface area contributed by atoms with Crippen molar-refractivity contribution in [2.45, 2.75) is 20.3 Å². The van der Waals surface area contributed by atoms with Crippen LogP contribution in [0, 0.1) is 6.92 Å². The Bertz CT molecular complexity index is 793. The molecule has 0 N–H and O–H groups in total. The minimum Gasteiger partial charge on any atom is -0.497 e. The number of benzene rings is 1. The summed E-state index contributed by atoms with van der Waals surface area (Å²) in [4.78, 5) is 33.2. The molecule has 2 aromatic rings. The van der Waals surface area contributed by atoms with Crippen LogP contribution in [0.5, 0.6) is 5.75 Å². The van der Waals surface area contributed by atoms with Crippen molar-refractivity contribution in [3.05, 3.63) is 34.8 Å². The van der Waals surface area contributed by atoms with E-state index in [1.807, 2.05) is 36.1 Å². The Hall–Kier alpha value is -2.41. The largest absolute Gasteiger partial charge is 0.497 e. The van der Waals surface area contributed by atoms with Crippen LogP contribution < -0.4 is 4.74 Å². The van der Waals surface area contributed by atoms with E-state index in [1.54, 1.807) is 30.3 Å². The predicted molar refractivity (Wildman–Crippen MR) is 101 cm³/mol. The molecular formula is C19H23N3O3S. The number of piperazine rings is 1. The van der Waals surface area contributed by atoms with Crippen LogP contribution in [0.1, 0.15) is 17.5 Å². The van der Waals surface area contributed by atoms with E-state index in [0.29, 0.717) is 32.6 Å². The summed E-state index contributed by atoms with van der Waals surface area (Å²) in [6, 6.07) is 7.77. The molecule has 0 atom stereocenters. The lowest BCUT2D eigenvalue weighted by atomic mass is 10.2. The van der Waals surface area contributed by atoms with Crippen LogP contribution >= 0.6 is 11.3 Å². The molecule has 3 rings (SSSR count). The molecule has 7 heteroatoms. The number of rotatable bonds is 4. The summed E-state index contributed by atoms with van der Waals surface area (Å²) in [5, 5.41) is 0.911. The highest BCUT2D eigenvalue weighted by Crippen LogP contribution is 2.29. The van der Waals surface area contributed by atoms with E-state index in [1.165, 1.54) is 0 Å². The van der Waals surface area contributed by atoms with Gasteiger partial charge in [-0.15, -0.1) is 11.3 Å². The van der Waals surface area contributed by atoms with Crippen LogP contribution in [0.2, 0.25) is 0 Å². The van der Waals surface area contributed by atoms with Crippen LogP contribution in [-0.2, 0) is 16.0 Å². The maximum Gasteiger partial charge on any atom is 0.228 e. The average molecular weight is 373 g/mol. The zero-order chi connectivity index (χ0) is 18.7. The van der Waals surface area contributed by atoms with Crippen molar-refractivity contribution < 1.29 is 14.3 Å². The monoisotopic (exact) mass is 373 g/mol.